The van der Waals surface area contributed by atoms with Crippen LogP contribution >= 0.6 is 0 Å². The molecule has 28 heavy (non-hydrogen) atoms. The average molecular weight is 376 g/mol. The van der Waals surface area contributed by atoms with Crippen LogP contribution in [0.1, 0.15) is 25.0 Å². The topological polar surface area (TPSA) is 108 Å². The number of nitro groups is 1. The first-order valence-corrected chi connectivity index (χ1v) is 8.98. The Morgan fingerprint density at radius 1 is 1.21 bits per heavy atom. The van der Waals surface area contributed by atoms with Gasteiger partial charge in [-0.2, -0.15) is 5.26 Å². The lowest BCUT2D eigenvalue weighted by atomic mass is 10.1. The highest BCUT2D eigenvalue weighted by atomic mass is 16.6. The minimum atomic E-state index is -0.484. The number of nitrogens with zero attached hydrogens (tertiary/aromatic N) is 5. The van der Waals surface area contributed by atoms with Gasteiger partial charge in [-0.3, -0.25) is 10.1 Å². The maximum atomic E-state index is 11.0. The van der Waals surface area contributed by atoms with E-state index in [1.807, 2.05) is 18.3 Å². The minimum Gasteiger partial charge on any atom is -0.366 e. The van der Waals surface area contributed by atoms with Gasteiger partial charge in [0.1, 0.15) is 11.6 Å². The summed E-state index contributed by atoms with van der Waals surface area (Å²) < 4.78 is 0. The summed E-state index contributed by atoms with van der Waals surface area (Å²) in [5.74, 6) is 1.47. The van der Waals surface area contributed by atoms with Gasteiger partial charge in [0, 0.05) is 43.4 Å². The standard InChI is InChI=1S/C20H20N6O2/c1-3-25(4-2)20-8-5-14(13-23-20)12-22-19-9-15(11-21)17-10-16(26(27)28)6-7-18(17)24-19/h5-10,13H,3-4,12H2,1-2H3,(H,22,24). The predicted octanol–water partition coefficient (Wildman–Crippen LogP) is 3.87. The van der Waals surface area contributed by atoms with Gasteiger partial charge in [-0.1, -0.05) is 6.07 Å². The molecule has 2 aromatic heterocycles. The lowest BCUT2D eigenvalue weighted by Gasteiger charge is -2.19. The number of fused-ring (bicyclic) bond motifs is 1. The second-order valence-corrected chi connectivity index (χ2v) is 6.18. The van der Waals surface area contributed by atoms with Crippen LogP contribution in [0.4, 0.5) is 17.3 Å². The molecule has 0 radical (unpaired) electrons. The van der Waals surface area contributed by atoms with E-state index < -0.39 is 4.92 Å². The molecule has 0 amide bonds. The number of nitro benzene ring substituents is 1. The van der Waals surface area contributed by atoms with Crippen molar-refractivity contribution in [2.75, 3.05) is 23.3 Å². The molecule has 0 spiro atoms. The van der Waals surface area contributed by atoms with Gasteiger partial charge in [0.05, 0.1) is 22.1 Å². The second-order valence-electron chi connectivity index (χ2n) is 6.18. The fraction of sp³-hybridized carbons (Fsp3) is 0.250. The zero-order valence-corrected chi connectivity index (χ0v) is 15.7. The summed E-state index contributed by atoms with van der Waals surface area (Å²) in [7, 11) is 0. The van der Waals surface area contributed by atoms with Crippen LogP contribution in [0.25, 0.3) is 10.9 Å². The molecule has 8 nitrogen and oxygen atoms in total. The van der Waals surface area contributed by atoms with E-state index in [-0.39, 0.29) is 5.69 Å². The number of hydrogen-bond donors (Lipinski definition) is 1. The van der Waals surface area contributed by atoms with E-state index >= 15 is 0 Å². The first-order valence-electron chi connectivity index (χ1n) is 8.98. The van der Waals surface area contributed by atoms with Crippen LogP contribution in [0.5, 0.6) is 0 Å². The largest absolute Gasteiger partial charge is 0.366 e. The first-order chi connectivity index (χ1) is 13.5. The molecule has 0 bridgehead atoms. The van der Waals surface area contributed by atoms with Gasteiger partial charge in [-0.15, -0.1) is 0 Å². The molecule has 3 rings (SSSR count). The van der Waals surface area contributed by atoms with E-state index in [9.17, 15) is 15.4 Å². The molecule has 1 N–H and O–H groups in total. The Kier molecular flexibility index (Phi) is 5.65. The number of pyridine rings is 2. The summed E-state index contributed by atoms with van der Waals surface area (Å²) >= 11 is 0. The molecule has 1 aromatic carbocycles. The lowest BCUT2D eigenvalue weighted by Crippen LogP contribution is -2.22. The maximum Gasteiger partial charge on any atom is 0.270 e. The normalized spacial score (nSPS) is 10.5. The SMILES string of the molecule is CCN(CC)c1ccc(CNc2cc(C#N)c3cc([N+](=O)[O-])ccc3n2)cn1. The minimum absolute atomic E-state index is 0.0640. The highest BCUT2D eigenvalue weighted by molar-refractivity contribution is 5.88. The fourth-order valence-corrected chi connectivity index (χ4v) is 2.96. The number of rotatable bonds is 7. The van der Waals surface area contributed by atoms with Crippen LogP contribution in [0.3, 0.4) is 0 Å². The van der Waals surface area contributed by atoms with Crippen LogP contribution in [0, 0.1) is 21.4 Å². The number of anilines is 2. The molecule has 0 aliphatic rings. The van der Waals surface area contributed by atoms with Gasteiger partial charge in [0.15, 0.2) is 0 Å². The third-order valence-electron chi connectivity index (χ3n) is 4.49. The van der Waals surface area contributed by atoms with Gasteiger partial charge in [-0.05, 0) is 37.6 Å². The number of aromatic nitrogens is 2. The van der Waals surface area contributed by atoms with E-state index in [1.165, 1.54) is 12.1 Å². The van der Waals surface area contributed by atoms with Crippen molar-refractivity contribution in [2.45, 2.75) is 20.4 Å². The highest BCUT2D eigenvalue weighted by Crippen LogP contribution is 2.25. The zero-order valence-electron chi connectivity index (χ0n) is 15.7. The molecule has 0 fully saturated rings. The van der Waals surface area contributed by atoms with E-state index in [2.05, 4.69) is 40.1 Å². The van der Waals surface area contributed by atoms with Gasteiger partial charge < -0.3 is 10.2 Å². The third kappa shape index (κ3) is 3.99. The molecule has 8 heteroatoms. The molecular weight excluding hydrogens is 356 g/mol. The monoisotopic (exact) mass is 376 g/mol. The molecule has 0 saturated heterocycles. The van der Waals surface area contributed by atoms with Crippen LogP contribution in [-0.2, 0) is 6.54 Å². The number of benzene rings is 1. The Labute approximate surface area is 162 Å². The number of hydrogen-bond acceptors (Lipinski definition) is 7. The second kappa shape index (κ2) is 8.31. The van der Waals surface area contributed by atoms with E-state index in [4.69, 9.17) is 0 Å². The van der Waals surface area contributed by atoms with Crippen molar-refractivity contribution in [2.24, 2.45) is 0 Å². The maximum absolute atomic E-state index is 11.0. The van der Waals surface area contributed by atoms with E-state index in [0.717, 1.165) is 24.5 Å². The van der Waals surface area contributed by atoms with Crippen LogP contribution in [-0.4, -0.2) is 28.0 Å². The molecule has 3 aromatic rings. The van der Waals surface area contributed by atoms with Crippen molar-refractivity contribution in [1.82, 2.24) is 9.97 Å². The van der Waals surface area contributed by atoms with E-state index in [0.29, 0.717) is 28.8 Å². The van der Waals surface area contributed by atoms with Gasteiger partial charge in [0.25, 0.3) is 5.69 Å². The van der Waals surface area contributed by atoms with Gasteiger partial charge in [0.2, 0.25) is 0 Å². The summed E-state index contributed by atoms with van der Waals surface area (Å²) in [5.41, 5.74) is 1.79. The lowest BCUT2D eigenvalue weighted by molar-refractivity contribution is -0.384. The molecule has 0 aliphatic carbocycles. The molecule has 0 atom stereocenters. The van der Waals surface area contributed by atoms with Crippen LogP contribution < -0.4 is 10.2 Å². The molecule has 0 unspecified atom stereocenters. The van der Waals surface area contributed by atoms with Crippen molar-refractivity contribution in [3.05, 3.63) is 63.8 Å². The van der Waals surface area contributed by atoms with Gasteiger partial charge >= 0.3 is 0 Å². The molecular formula is C20H20N6O2. The first kappa shape index (κ1) is 19.0. The summed E-state index contributed by atoms with van der Waals surface area (Å²) in [5, 5.41) is 24.0. The Hall–Kier alpha value is -3.73. The summed E-state index contributed by atoms with van der Waals surface area (Å²) in [4.78, 5) is 21.6. The summed E-state index contributed by atoms with van der Waals surface area (Å²) in [6.07, 6.45) is 1.82. The quantitative estimate of drug-likeness (QED) is 0.492. The Bertz CT molecular complexity index is 1040. The Morgan fingerprint density at radius 2 is 2.00 bits per heavy atom. The van der Waals surface area contributed by atoms with E-state index in [1.54, 1.807) is 12.1 Å². The van der Waals surface area contributed by atoms with Crippen LogP contribution in [0.2, 0.25) is 0 Å². The average Bonchev–Trinajstić information content (AvgIpc) is 2.73. The number of non-ortho nitro benzene ring substituents is 1. The van der Waals surface area contributed by atoms with Gasteiger partial charge in [-0.25, -0.2) is 9.97 Å². The predicted molar refractivity (Wildman–Crippen MR) is 108 cm³/mol. The van der Waals surface area contributed by atoms with Crippen molar-refractivity contribution in [1.29, 1.82) is 5.26 Å². The fourth-order valence-electron chi connectivity index (χ4n) is 2.96. The number of nitrogens with one attached hydrogen (secondary N) is 1. The van der Waals surface area contributed by atoms with Crippen molar-refractivity contribution >= 4 is 28.2 Å². The summed E-state index contributed by atoms with van der Waals surface area (Å²) in [6.45, 7) is 6.48. The van der Waals surface area contributed by atoms with Crippen molar-refractivity contribution in [3.8, 4) is 6.07 Å². The van der Waals surface area contributed by atoms with Crippen molar-refractivity contribution in [3.63, 3.8) is 0 Å². The Morgan fingerprint density at radius 3 is 2.61 bits per heavy atom. The molecule has 0 saturated carbocycles. The Balaban J connectivity index is 1.80. The van der Waals surface area contributed by atoms with Crippen molar-refractivity contribution < 1.29 is 4.92 Å². The van der Waals surface area contributed by atoms with Crippen LogP contribution in [0.15, 0.2) is 42.6 Å². The zero-order chi connectivity index (χ0) is 20.1. The smallest absolute Gasteiger partial charge is 0.270 e. The molecule has 0 aliphatic heterocycles. The third-order valence-corrected chi connectivity index (χ3v) is 4.49. The number of nitriles is 1. The highest BCUT2D eigenvalue weighted by Gasteiger charge is 2.12. The molecule has 2 heterocycles. The molecule has 142 valence electrons. The summed E-state index contributed by atoms with van der Waals surface area (Å²) in [6, 6.07) is 12.0.